The Morgan fingerprint density at radius 1 is 1.55 bits per heavy atom. The number of carbonyl (C=O) groups excluding carboxylic acids is 1. The van der Waals surface area contributed by atoms with Gasteiger partial charge in [-0.15, -0.1) is 11.3 Å². The fourth-order valence-electron chi connectivity index (χ4n) is 1.98. The predicted octanol–water partition coefficient (Wildman–Crippen LogP) is 3.18. The summed E-state index contributed by atoms with van der Waals surface area (Å²) >= 11 is 5.19. The highest BCUT2D eigenvalue weighted by Gasteiger charge is 2.17. The lowest BCUT2D eigenvalue weighted by atomic mass is 10.2. The van der Waals surface area contributed by atoms with Crippen LogP contribution in [0.4, 0.5) is 4.79 Å². The van der Waals surface area contributed by atoms with Crippen LogP contribution in [0.15, 0.2) is 15.9 Å². The number of nitrogens with zero attached hydrogens (tertiary/aromatic N) is 1. The van der Waals surface area contributed by atoms with Crippen molar-refractivity contribution in [3.8, 4) is 0 Å². The molecule has 7 heteroatoms. The highest BCUT2D eigenvalue weighted by molar-refractivity contribution is 9.10. The van der Waals surface area contributed by atoms with E-state index in [9.17, 15) is 4.79 Å². The van der Waals surface area contributed by atoms with Crippen molar-refractivity contribution in [2.24, 2.45) is 5.73 Å². The molecule has 1 unspecified atom stereocenters. The molecule has 0 spiro atoms. The molecule has 3 N–H and O–H groups in total. The van der Waals surface area contributed by atoms with E-state index in [0.29, 0.717) is 13.1 Å². The summed E-state index contributed by atoms with van der Waals surface area (Å²) in [5.41, 5.74) is 5.39. The Labute approximate surface area is 145 Å². The zero-order valence-corrected chi connectivity index (χ0v) is 16.1. The van der Waals surface area contributed by atoms with Crippen LogP contribution in [0.2, 0.25) is 0 Å². The lowest BCUT2D eigenvalue weighted by molar-refractivity contribution is 0.0522. The number of halogens is 1. The Bertz CT molecular complexity index is 474. The first-order valence-electron chi connectivity index (χ1n) is 7.31. The summed E-state index contributed by atoms with van der Waals surface area (Å²) < 4.78 is 6.32. The van der Waals surface area contributed by atoms with Crippen LogP contribution in [0.3, 0.4) is 0 Å². The molecule has 22 heavy (non-hydrogen) atoms. The third-order valence-electron chi connectivity index (χ3n) is 3.07. The fourth-order valence-corrected chi connectivity index (χ4v) is 3.50. The van der Waals surface area contributed by atoms with Crippen molar-refractivity contribution in [3.63, 3.8) is 0 Å². The first-order valence-corrected chi connectivity index (χ1v) is 8.98. The van der Waals surface area contributed by atoms with Gasteiger partial charge in [-0.1, -0.05) is 0 Å². The summed E-state index contributed by atoms with van der Waals surface area (Å²) in [6.07, 6.45) is 0.409. The van der Waals surface area contributed by atoms with Gasteiger partial charge in [0.05, 0.1) is 0 Å². The van der Waals surface area contributed by atoms with E-state index in [0.717, 1.165) is 17.4 Å². The minimum absolute atomic E-state index is 0.218. The van der Waals surface area contributed by atoms with Crippen molar-refractivity contribution in [2.45, 2.75) is 45.4 Å². The largest absolute Gasteiger partial charge is 0.444 e. The summed E-state index contributed by atoms with van der Waals surface area (Å²) in [5.74, 6) is 0. The Morgan fingerprint density at radius 3 is 2.73 bits per heavy atom. The maximum atomic E-state index is 11.6. The van der Waals surface area contributed by atoms with Gasteiger partial charge in [0.15, 0.2) is 0 Å². The predicted molar refractivity (Wildman–Crippen MR) is 95.2 cm³/mol. The number of carbonyl (C=O) groups is 1. The van der Waals surface area contributed by atoms with Gasteiger partial charge in [0, 0.05) is 40.4 Å². The van der Waals surface area contributed by atoms with Crippen LogP contribution in [-0.2, 0) is 11.3 Å². The third-order valence-corrected chi connectivity index (χ3v) is 4.75. The monoisotopic (exact) mass is 391 g/mol. The molecule has 0 aliphatic heterocycles. The van der Waals surface area contributed by atoms with E-state index in [4.69, 9.17) is 10.5 Å². The Balaban J connectivity index is 2.36. The van der Waals surface area contributed by atoms with Gasteiger partial charge < -0.3 is 15.8 Å². The number of nitrogens with one attached hydrogen (secondary N) is 1. The van der Waals surface area contributed by atoms with Crippen molar-refractivity contribution < 1.29 is 9.53 Å². The van der Waals surface area contributed by atoms with Crippen molar-refractivity contribution in [2.75, 3.05) is 20.1 Å². The Morgan fingerprint density at radius 2 is 2.23 bits per heavy atom. The molecule has 0 aliphatic rings. The SMILES string of the molecule is CN(Cc1cc(Br)cs1)C(CN)CCNC(=O)OC(C)(C)C. The van der Waals surface area contributed by atoms with E-state index in [1.54, 1.807) is 11.3 Å². The second-order valence-corrected chi connectivity index (χ2v) is 8.16. The molecule has 0 aliphatic carbocycles. The molecule has 1 heterocycles. The zero-order chi connectivity index (χ0) is 16.8. The molecule has 0 fully saturated rings. The smallest absolute Gasteiger partial charge is 0.407 e. The van der Waals surface area contributed by atoms with Gasteiger partial charge in [-0.2, -0.15) is 0 Å². The van der Waals surface area contributed by atoms with Crippen LogP contribution >= 0.6 is 27.3 Å². The number of likely N-dealkylation sites (N-methyl/N-ethyl adjacent to an activating group) is 1. The molecular formula is C15H26BrN3O2S. The van der Waals surface area contributed by atoms with E-state index >= 15 is 0 Å². The number of amides is 1. The number of rotatable bonds is 7. The number of hydrogen-bond donors (Lipinski definition) is 2. The van der Waals surface area contributed by atoms with Crippen LogP contribution in [-0.4, -0.2) is 42.8 Å². The van der Waals surface area contributed by atoms with Crippen LogP contribution in [0.1, 0.15) is 32.1 Å². The van der Waals surface area contributed by atoms with E-state index in [2.05, 4.69) is 44.6 Å². The second-order valence-electron chi connectivity index (χ2n) is 6.25. The van der Waals surface area contributed by atoms with Crippen molar-refractivity contribution in [1.29, 1.82) is 0 Å². The maximum absolute atomic E-state index is 11.6. The lowest BCUT2D eigenvalue weighted by Crippen LogP contribution is -2.41. The van der Waals surface area contributed by atoms with E-state index in [1.165, 1.54) is 4.88 Å². The van der Waals surface area contributed by atoms with Gasteiger partial charge in [0.1, 0.15) is 5.60 Å². The van der Waals surface area contributed by atoms with Gasteiger partial charge in [0.25, 0.3) is 0 Å². The summed E-state index contributed by atoms with van der Waals surface area (Å²) in [6, 6.07) is 2.34. The summed E-state index contributed by atoms with van der Waals surface area (Å²) in [6.45, 7) is 7.51. The Kier molecular flexibility index (Phi) is 7.82. The summed E-state index contributed by atoms with van der Waals surface area (Å²) in [4.78, 5) is 15.1. The van der Waals surface area contributed by atoms with Crippen molar-refractivity contribution in [3.05, 3.63) is 20.8 Å². The molecule has 0 saturated carbocycles. The van der Waals surface area contributed by atoms with E-state index in [-0.39, 0.29) is 12.1 Å². The van der Waals surface area contributed by atoms with Gasteiger partial charge in [0.2, 0.25) is 0 Å². The molecule has 1 aromatic rings. The van der Waals surface area contributed by atoms with E-state index in [1.807, 2.05) is 20.8 Å². The van der Waals surface area contributed by atoms with Crippen LogP contribution < -0.4 is 11.1 Å². The van der Waals surface area contributed by atoms with Crippen LogP contribution in [0, 0.1) is 0 Å². The molecule has 0 aromatic carbocycles. The Hall–Kier alpha value is -0.630. The topological polar surface area (TPSA) is 67.6 Å². The summed E-state index contributed by atoms with van der Waals surface area (Å²) in [5, 5.41) is 4.85. The third kappa shape index (κ3) is 7.58. The van der Waals surface area contributed by atoms with Gasteiger partial charge in [-0.3, -0.25) is 4.90 Å². The molecule has 126 valence electrons. The van der Waals surface area contributed by atoms with Gasteiger partial charge in [-0.05, 0) is 56.2 Å². The molecule has 1 atom stereocenters. The van der Waals surface area contributed by atoms with Crippen molar-refractivity contribution >= 4 is 33.4 Å². The van der Waals surface area contributed by atoms with Gasteiger partial charge >= 0.3 is 6.09 Å². The molecular weight excluding hydrogens is 366 g/mol. The molecule has 1 rings (SSSR count). The molecule has 5 nitrogen and oxygen atoms in total. The lowest BCUT2D eigenvalue weighted by Gasteiger charge is -2.27. The number of hydrogen-bond acceptors (Lipinski definition) is 5. The van der Waals surface area contributed by atoms with Gasteiger partial charge in [-0.25, -0.2) is 4.79 Å². The van der Waals surface area contributed by atoms with E-state index < -0.39 is 5.60 Å². The fraction of sp³-hybridized carbons (Fsp3) is 0.667. The average molecular weight is 392 g/mol. The standard InChI is InChI=1S/C15H26BrN3O2S/c1-15(2,3)21-14(20)18-6-5-12(8-17)19(4)9-13-7-11(16)10-22-13/h7,10,12H,5-6,8-9,17H2,1-4H3,(H,18,20). The maximum Gasteiger partial charge on any atom is 0.407 e. The zero-order valence-electron chi connectivity index (χ0n) is 13.7. The quantitative estimate of drug-likeness (QED) is 0.748. The van der Waals surface area contributed by atoms with Crippen molar-refractivity contribution in [1.82, 2.24) is 10.2 Å². The minimum atomic E-state index is -0.472. The van der Waals surface area contributed by atoms with Crippen LogP contribution in [0.5, 0.6) is 0 Å². The molecule has 0 radical (unpaired) electrons. The van der Waals surface area contributed by atoms with Crippen LogP contribution in [0.25, 0.3) is 0 Å². The number of thiophene rings is 1. The highest BCUT2D eigenvalue weighted by Crippen LogP contribution is 2.21. The minimum Gasteiger partial charge on any atom is -0.444 e. The summed E-state index contributed by atoms with van der Waals surface area (Å²) in [7, 11) is 2.05. The molecule has 0 bridgehead atoms. The molecule has 0 saturated heterocycles. The first-order chi connectivity index (χ1) is 10.2. The average Bonchev–Trinajstić information content (AvgIpc) is 2.77. The highest BCUT2D eigenvalue weighted by atomic mass is 79.9. The normalized spacial score (nSPS) is 13.2. The number of alkyl carbamates (subject to hydrolysis) is 1. The first kappa shape index (κ1) is 19.4. The molecule has 1 amide bonds. The second kappa shape index (κ2) is 8.86. The molecule has 1 aromatic heterocycles. The number of nitrogens with two attached hydrogens (primary N) is 1. The number of ether oxygens (including phenoxy) is 1.